The van der Waals surface area contributed by atoms with E-state index in [2.05, 4.69) is 4.74 Å². The Bertz CT molecular complexity index is 177. The molecule has 0 aromatic carbocycles. The van der Waals surface area contributed by atoms with Crippen molar-refractivity contribution in [3.05, 3.63) is 0 Å². The lowest BCUT2D eigenvalue weighted by atomic mass is 10.1. The summed E-state index contributed by atoms with van der Waals surface area (Å²) in [6.45, 7) is 5.39. The van der Waals surface area contributed by atoms with Crippen LogP contribution in [0.1, 0.15) is 20.8 Å². The second-order valence-corrected chi connectivity index (χ2v) is 3.20. The highest BCUT2D eigenvalue weighted by atomic mass is 35.5. The highest BCUT2D eigenvalue weighted by Gasteiger charge is 2.26. The lowest BCUT2D eigenvalue weighted by Gasteiger charge is -2.10. The summed E-state index contributed by atoms with van der Waals surface area (Å²) in [4.78, 5) is 21.9. The van der Waals surface area contributed by atoms with Gasteiger partial charge in [-0.1, -0.05) is 13.8 Å². The van der Waals surface area contributed by atoms with Gasteiger partial charge in [0.2, 0.25) is 0 Å². The third-order valence-electron chi connectivity index (χ3n) is 1.31. The first kappa shape index (κ1) is 11.4. The zero-order valence-electron chi connectivity index (χ0n) is 7.46. The lowest BCUT2D eigenvalue weighted by molar-refractivity contribution is -0.153. The van der Waals surface area contributed by atoms with Gasteiger partial charge in [0.25, 0.3) is 5.78 Å². The molecule has 0 aliphatic carbocycles. The van der Waals surface area contributed by atoms with Crippen LogP contribution in [-0.2, 0) is 14.3 Å². The number of rotatable bonds is 4. The molecule has 0 fully saturated rings. The highest BCUT2D eigenvalue weighted by Crippen LogP contribution is 2.10. The Hall–Kier alpha value is -0.570. The number of Topliss-reactive ketones (excluding diaryl/α,β-unsaturated/α-hetero) is 1. The second-order valence-electron chi connectivity index (χ2n) is 2.73. The minimum absolute atomic E-state index is 0.0522. The van der Waals surface area contributed by atoms with Crippen molar-refractivity contribution >= 4 is 23.4 Å². The van der Waals surface area contributed by atoms with Crippen molar-refractivity contribution in [3.8, 4) is 0 Å². The normalized spacial score (nSPS) is 12.8. The van der Waals surface area contributed by atoms with E-state index in [0.717, 1.165) is 0 Å². The third kappa shape index (κ3) is 3.22. The fraction of sp³-hybridized carbons (Fsp3) is 0.750. The summed E-state index contributed by atoms with van der Waals surface area (Å²) in [5.74, 6) is -1.55. The van der Waals surface area contributed by atoms with Crippen molar-refractivity contribution in [1.29, 1.82) is 0 Å². The van der Waals surface area contributed by atoms with Gasteiger partial charge < -0.3 is 4.74 Å². The third-order valence-corrected chi connectivity index (χ3v) is 2.01. The number of hydrogen-bond donors (Lipinski definition) is 0. The topological polar surface area (TPSA) is 43.4 Å². The minimum atomic E-state index is -0.841. The van der Waals surface area contributed by atoms with E-state index in [-0.39, 0.29) is 12.5 Å². The molecule has 0 bridgehead atoms. The summed E-state index contributed by atoms with van der Waals surface area (Å²) in [6, 6.07) is 0. The van der Waals surface area contributed by atoms with Crippen molar-refractivity contribution in [2.24, 2.45) is 5.92 Å². The average molecular weight is 193 g/mol. The Kier molecular flexibility index (Phi) is 4.90. The van der Waals surface area contributed by atoms with Gasteiger partial charge in [-0.25, -0.2) is 4.79 Å². The van der Waals surface area contributed by atoms with Crippen LogP contribution in [0.4, 0.5) is 0 Å². The van der Waals surface area contributed by atoms with Crippen LogP contribution in [0.25, 0.3) is 0 Å². The molecule has 0 radical (unpaired) electrons. The molecular weight excluding hydrogens is 180 g/mol. The maximum atomic E-state index is 11.1. The Morgan fingerprint density at radius 1 is 1.42 bits per heavy atom. The molecule has 0 saturated carbocycles. The van der Waals surface area contributed by atoms with Crippen molar-refractivity contribution in [3.63, 3.8) is 0 Å². The molecule has 0 N–H and O–H groups in total. The number of ether oxygens (including phenoxy) is 1. The number of halogens is 1. The molecule has 0 heterocycles. The first-order valence-electron chi connectivity index (χ1n) is 3.85. The molecule has 0 aliphatic heterocycles. The highest BCUT2D eigenvalue weighted by molar-refractivity contribution is 6.47. The van der Waals surface area contributed by atoms with E-state index in [4.69, 9.17) is 11.6 Å². The quantitative estimate of drug-likeness (QED) is 0.384. The van der Waals surface area contributed by atoms with Crippen LogP contribution < -0.4 is 0 Å². The first-order valence-corrected chi connectivity index (χ1v) is 4.29. The van der Waals surface area contributed by atoms with Crippen LogP contribution in [-0.4, -0.2) is 23.7 Å². The standard InChI is InChI=1S/C8H13ClO3/c1-4-12-8(11)7(10)6(9)5(2)3/h5-6H,4H2,1-3H3. The summed E-state index contributed by atoms with van der Waals surface area (Å²) < 4.78 is 4.50. The number of hydrogen-bond acceptors (Lipinski definition) is 3. The molecule has 1 unspecified atom stereocenters. The van der Waals surface area contributed by atoms with E-state index in [1.807, 2.05) is 0 Å². The summed E-state index contributed by atoms with van der Waals surface area (Å²) in [5, 5.41) is -0.774. The van der Waals surface area contributed by atoms with Crippen molar-refractivity contribution in [1.82, 2.24) is 0 Å². The lowest BCUT2D eigenvalue weighted by Crippen LogP contribution is -2.29. The van der Waals surface area contributed by atoms with Gasteiger partial charge in [0.05, 0.1) is 6.61 Å². The maximum absolute atomic E-state index is 11.1. The molecule has 3 nitrogen and oxygen atoms in total. The van der Waals surface area contributed by atoms with Crippen LogP contribution in [0, 0.1) is 5.92 Å². The van der Waals surface area contributed by atoms with Crippen LogP contribution in [0.15, 0.2) is 0 Å². The van der Waals surface area contributed by atoms with Gasteiger partial charge in [-0.05, 0) is 12.8 Å². The van der Waals surface area contributed by atoms with Crippen molar-refractivity contribution < 1.29 is 14.3 Å². The van der Waals surface area contributed by atoms with Gasteiger partial charge in [0.15, 0.2) is 0 Å². The smallest absolute Gasteiger partial charge is 0.376 e. The number of esters is 1. The molecular formula is C8H13ClO3. The van der Waals surface area contributed by atoms with E-state index in [9.17, 15) is 9.59 Å². The largest absolute Gasteiger partial charge is 0.460 e. The van der Waals surface area contributed by atoms with Crippen LogP contribution in [0.3, 0.4) is 0 Å². The Morgan fingerprint density at radius 2 is 1.92 bits per heavy atom. The minimum Gasteiger partial charge on any atom is -0.460 e. The molecule has 4 heteroatoms. The van der Waals surface area contributed by atoms with Gasteiger partial charge in [0, 0.05) is 0 Å². The van der Waals surface area contributed by atoms with Crippen LogP contribution >= 0.6 is 11.6 Å². The second kappa shape index (κ2) is 5.14. The summed E-state index contributed by atoms with van der Waals surface area (Å²) in [6.07, 6.45) is 0. The fourth-order valence-corrected chi connectivity index (χ4v) is 0.707. The van der Waals surface area contributed by atoms with E-state index < -0.39 is 17.1 Å². The Balaban J connectivity index is 4.10. The maximum Gasteiger partial charge on any atom is 0.376 e. The summed E-state index contributed by atoms with van der Waals surface area (Å²) in [5.41, 5.74) is 0. The predicted octanol–water partition coefficient (Wildman–Crippen LogP) is 1.38. The van der Waals surface area contributed by atoms with Gasteiger partial charge in [-0.2, -0.15) is 0 Å². The number of ketones is 1. The summed E-state index contributed by atoms with van der Waals surface area (Å²) in [7, 11) is 0. The number of alkyl halides is 1. The molecule has 0 spiro atoms. The first-order chi connectivity index (χ1) is 5.50. The predicted molar refractivity (Wildman–Crippen MR) is 46.1 cm³/mol. The van der Waals surface area contributed by atoms with E-state index >= 15 is 0 Å². The zero-order valence-corrected chi connectivity index (χ0v) is 8.22. The van der Waals surface area contributed by atoms with Crippen LogP contribution in [0.2, 0.25) is 0 Å². The molecule has 0 saturated heterocycles. The molecule has 12 heavy (non-hydrogen) atoms. The monoisotopic (exact) mass is 192 g/mol. The van der Waals surface area contributed by atoms with Gasteiger partial charge in [-0.15, -0.1) is 11.6 Å². The molecule has 0 aliphatic rings. The number of carbonyl (C=O) groups excluding carboxylic acids is 2. The van der Waals surface area contributed by atoms with E-state index in [1.165, 1.54) is 0 Å². The van der Waals surface area contributed by atoms with Gasteiger partial charge in [-0.3, -0.25) is 4.79 Å². The fourth-order valence-electron chi connectivity index (χ4n) is 0.618. The van der Waals surface area contributed by atoms with E-state index in [0.29, 0.717) is 0 Å². The van der Waals surface area contributed by atoms with E-state index in [1.54, 1.807) is 20.8 Å². The molecule has 1 atom stereocenters. The molecule has 0 rings (SSSR count). The average Bonchev–Trinajstić information content (AvgIpc) is 2.02. The zero-order chi connectivity index (χ0) is 9.72. The van der Waals surface area contributed by atoms with Gasteiger partial charge in [0.1, 0.15) is 5.38 Å². The van der Waals surface area contributed by atoms with Gasteiger partial charge >= 0.3 is 5.97 Å². The van der Waals surface area contributed by atoms with Crippen molar-refractivity contribution in [2.45, 2.75) is 26.1 Å². The molecule has 0 amide bonds. The Morgan fingerprint density at radius 3 is 2.25 bits per heavy atom. The molecule has 0 aromatic heterocycles. The Labute approximate surface area is 77.0 Å². The molecule has 70 valence electrons. The van der Waals surface area contributed by atoms with Crippen LogP contribution in [0.5, 0.6) is 0 Å². The SMILES string of the molecule is CCOC(=O)C(=O)C(Cl)C(C)C. The van der Waals surface area contributed by atoms with Crippen molar-refractivity contribution in [2.75, 3.05) is 6.61 Å². The molecule has 0 aromatic rings. The number of carbonyl (C=O) groups is 2. The summed E-state index contributed by atoms with van der Waals surface area (Å²) >= 11 is 5.65.